The molecular weight excluding hydrogens is 925 g/mol. The van der Waals surface area contributed by atoms with E-state index in [1.165, 1.54) is 35.2 Å². The molecule has 6 aromatic rings. The lowest BCUT2D eigenvalue weighted by molar-refractivity contribution is -0.137. The number of carbonyl (C=O) groups is 5. The Morgan fingerprint density at radius 3 is 2.17 bits per heavy atom. The first-order chi connectivity index (χ1) is 34.9. The van der Waals surface area contributed by atoms with E-state index in [2.05, 4.69) is 36.7 Å². The molecule has 6 heterocycles. The lowest BCUT2D eigenvalue weighted by Gasteiger charge is -2.39. The predicted octanol–water partition coefficient (Wildman–Crippen LogP) is 6.92. The van der Waals surface area contributed by atoms with Gasteiger partial charge in [-0.2, -0.15) is 0 Å². The van der Waals surface area contributed by atoms with Gasteiger partial charge in [-0.1, -0.05) is 0 Å². The second-order valence-corrected chi connectivity index (χ2v) is 19.6. The van der Waals surface area contributed by atoms with Gasteiger partial charge in [-0.25, -0.2) is 8.78 Å². The number of carbonyl (C=O) groups excluding carboxylic acids is 5. The van der Waals surface area contributed by atoms with Crippen molar-refractivity contribution in [3.63, 3.8) is 0 Å². The van der Waals surface area contributed by atoms with E-state index in [-0.39, 0.29) is 36.8 Å². The minimum Gasteiger partial charge on any atom is -0.495 e. The van der Waals surface area contributed by atoms with Crippen LogP contribution in [0.25, 0.3) is 21.8 Å². The number of nitrogens with one attached hydrogen (secondary N) is 3. The summed E-state index contributed by atoms with van der Waals surface area (Å²) in [5.74, 6) is -0.445. The van der Waals surface area contributed by atoms with Gasteiger partial charge in [0.05, 0.1) is 23.8 Å². The van der Waals surface area contributed by atoms with Crippen LogP contribution in [0.3, 0.4) is 0 Å². The maximum atomic E-state index is 15.7. The fourth-order valence-corrected chi connectivity index (χ4v) is 10.8. The Balaban J connectivity index is 0.651. The smallest absolute Gasteiger partial charge is 0.255 e. The quantitative estimate of drug-likeness (QED) is 0.0765. The first-order valence-corrected chi connectivity index (χ1v) is 24.7. The molecule has 0 unspecified atom stereocenters. The molecule has 0 spiro atoms. The maximum Gasteiger partial charge on any atom is 0.255 e. The standard InChI is InChI=1S/C54H55F2N9O7/c1-71-47-29-40-43(57-18-12-46(40)72-37-8-6-36(7-9-37)59-53(70)54(16-17-54)52(69)58-35-4-2-34(55)3-5-35)30-45(47)63-19-13-33(14-20-63)31-62-24-22-61(23-25-62)26-27-64-21-15-38-41-32-65(44-10-11-48(66)60-50(44)67)51(68)39(41)28-42(56)49(38)64/h2-9,12,15,18,21,28-30,33,44H,10-11,13-14,16-17,19-20,22-27,31-32H2,1H3,(H,58,69)(H,59,70)(H,60,66,67)/t44-/m0/s1. The number of methoxy groups -OCH3 is 1. The van der Waals surface area contributed by atoms with Crippen molar-refractivity contribution in [3.8, 4) is 17.2 Å². The molecule has 11 rings (SSSR count). The lowest BCUT2D eigenvalue weighted by atomic mass is 9.95. The largest absolute Gasteiger partial charge is 0.495 e. The number of piperazine rings is 1. The third kappa shape index (κ3) is 9.20. The van der Waals surface area contributed by atoms with E-state index in [1.54, 1.807) is 37.6 Å². The average molecular weight is 980 g/mol. The monoisotopic (exact) mass is 979 g/mol. The Bertz CT molecular complexity index is 3110. The highest BCUT2D eigenvalue weighted by atomic mass is 19.1. The molecule has 5 aliphatic rings. The number of rotatable bonds is 14. The molecule has 4 aliphatic heterocycles. The first-order valence-electron chi connectivity index (χ1n) is 24.7. The van der Waals surface area contributed by atoms with Crippen LogP contribution >= 0.6 is 0 Å². The van der Waals surface area contributed by atoms with Gasteiger partial charge in [0.25, 0.3) is 5.91 Å². The van der Waals surface area contributed by atoms with Gasteiger partial charge in [0, 0.05) is 112 Å². The molecule has 4 fully saturated rings. The molecule has 72 heavy (non-hydrogen) atoms. The molecule has 3 saturated heterocycles. The van der Waals surface area contributed by atoms with Gasteiger partial charge >= 0.3 is 0 Å². The van der Waals surface area contributed by atoms with E-state index >= 15 is 4.39 Å². The summed E-state index contributed by atoms with van der Waals surface area (Å²) < 4.78 is 43.3. The number of pyridine rings is 1. The molecule has 0 bridgehead atoms. The van der Waals surface area contributed by atoms with Crippen molar-refractivity contribution in [3.05, 3.63) is 114 Å². The van der Waals surface area contributed by atoms with Gasteiger partial charge in [0.15, 0.2) is 0 Å². The molecule has 1 aliphatic carbocycles. The van der Waals surface area contributed by atoms with Gasteiger partial charge in [-0.15, -0.1) is 0 Å². The molecule has 1 atom stereocenters. The summed E-state index contributed by atoms with van der Waals surface area (Å²) in [6.45, 7) is 8.16. The molecule has 1 saturated carbocycles. The Labute approximate surface area is 414 Å². The minimum atomic E-state index is -1.18. The molecule has 4 aromatic carbocycles. The number of hydrogen-bond donors (Lipinski definition) is 3. The third-order valence-electron chi connectivity index (χ3n) is 15.2. The lowest BCUT2D eigenvalue weighted by Crippen LogP contribution is -2.52. The summed E-state index contributed by atoms with van der Waals surface area (Å²) in [6, 6.07) is 20.7. The number of benzene rings is 4. The molecule has 2 aromatic heterocycles. The molecular formula is C54H55F2N9O7. The number of ether oxygens (including phenoxy) is 2. The average Bonchev–Trinajstić information content (AvgIpc) is 4.00. The molecule has 3 N–H and O–H groups in total. The number of imide groups is 1. The van der Waals surface area contributed by atoms with Crippen molar-refractivity contribution in [2.24, 2.45) is 11.3 Å². The Morgan fingerprint density at radius 1 is 0.792 bits per heavy atom. The number of aromatic nitrogens is 2. The third-order valence-corrected chi connectivity index (χ3v) is 15.2. The predicted molar refractivity (Wildman–Crippen MR) is 266 cm³/mol. The molecule has 372 valence electrons. The second kappa shape index (κ2) is 19.3. The molecule has 5 amide bonds. The van der Waals surface area contributed by atoms with Crippen LogP contribution < -0.4 is 30.3 Å². The number of piperidine rings is 2. The summed E-state index contributed by atoms with van der Waals surface area (Å²) >= 11 is 0. The van der Waals surface area contributed by atoms with Crippen molar-refractivity contribution in [2.45, 2.75) is 57.7 Å². The number of nitrogens with zero attached hydrogens (tertiary/aromatic N) is 6. The van der Waals surface area contributed by atoms with Gasteiger partial charge in [-0.05, 0) is 122 Å². The van der Waals surface area contributed by atoms with Crippen molar-refractivity contribution in [1.82, 2.24) is 29.6 Å². The maximum absolute atomic E-state index is 15.7. The van der Waals surface area contributed by atoms with Crippen LogP contribution in [0.4, 0.5) is 25.8 Å². The van der Waals surface area contributed by atoms with Crippen molar-refractivity contribution in [2.75, 3.05) is 75.0 Å². The molecule has 16 nitrogen and oxygen atoms in total. The van der Waals surface area contributed by atoms with E-state index in [0.717, 1.165) is 93.1 Å². The Hall–Kier alpha value is -7.44. The highest BCUT2D eigenvalue weighted by Gasteiger charge is 2.56. The topological polar surface area (TPSA) is 171 Å². The minimum absolute atomic E-state index is 0.163. The summed E-state index contributed by atoms with van der Waals surface area (Å²) in [5.41, 5.74) is 3.01. The number of amides is 5. The summed E-state index contributed by atoms with van der Waals surface area (Å²) in [4.78, 5) is 77.4. The van der Waals surface area contributed by atoms with E-state index in [1.807, 2.05) is 29.0 Å². The van der Waals surface area contributed by atoms with Gasteiger partial charge in [0.1, 0.15) is 40.3 Å². The van der Waals surface area contributed by atoms with Crippen LogP contribution in [0, 0.1) is 23.0 Å². The molecule has 0 radical (unpaired) electrons. The SMILES string of the molecule is COc1cc2c(Oc3ccc(NC(=O)C4(C(=O)Nc5ccc(F)cc5)CC4)cc3)ccnc2cc1N1CCC(CN2CCN(CCn3ccc4c5c(cc(F)c43)C(=O)N([C@H]3CCC(=O)NC3=O)C5)CC2)CC1. The summed E-state index contributed by atoms with van der Waals surface area (Å²) in [5, 5.41) is 9.40. The van der Waals surface area contributed by atoms with Crippen LogP contribution in [-0.2, 0) is 32.3 Å². The zero-order valence-corrected chi connectivity index (χ0v) is 39.9. The first kappa shape index (κ1) is 46.9. The van der Waals surface area contributed by atoms with E-state index in [0.29, 0.717) is 59.1 Å². The van der Waals surface area contributed by atoms with Crippen molar-refractivity contribution >= 4 is 68.4 Å². The van der Waals surface area contributed by atoms with E-state index in [9.17, 15) is 28.4 Å². The number of halogens is 2. The number of anilines is 3. The highest BCUT2D eigenvalue weighted by Crippen LogP contribution is 2.48. The van der Waals surface area contributed by atoms with E-state index < -0.39 is 40.8 Å². The summed E-state index contributed by atoms with van der Waals surface area (Å²) in [6.07, 6.45) is 6.96. The van der Waals surface area contributed by atoms with Crippen LogP contribution in [0.15, 0.2) is 91.3 Å². The molecule has 18 heteroatoms. The zero-order chi connectivity index (χ0) is 49.7. The van der Waals surface area contributed by atoms with Crippen LogP contribution in [-0.4, -0.2) is 119 Å². The highest BCUT2D eigenvalue weighted by molar-refractivity contribution is 6.17. The van der Waals surface area contributed by atoms with Crippen molar-refractivity contribution < 1.29 is 42.2 Å². The number of hydrogen-bond acceptors (Lipinski definition) is 11. The summed E-state index contributed by atoms with van der Waals surface area (Å²) in [7, 11) is 1.67. The van der Waals surface area contributed by atoms with Gasteiger partial charge in [-0.3, -0.25) is 39.2 Å². The Morgan fingerprint density at radius 2 is 1.49 bits per heavy atom. The second-order valence-electron chi connectivity index (χ2n) is 19.6. The van der Waals surface area contributed by atoms with E-state index in [4.69, 9.17) is 14.5 Å². The van der Waals surface area contributed by atoms with Crippen LogP contribution in [0.1, 0.15) is 54.4 Å². The van der Waals surface area contributed by atoms with Gasteiger partial charge in [0.2, 0.25) is 23.6 Å². The zero-order valence-electron chi connectivity index (χ0n) is 39.9. The Kier molecular flexibility index (Phi) is 12.6. The van der Waals surface area contributed by atoms with Crippen molar-refractivity contribution in [1.29, 1.82) is 0 Å². The number of fused-ring (bicyclic) bond motifs is 4. The van der Waals surface area contributed by atoms with Gasteiger partial charge < -0.3 is 39.4 Å². The van der Waals surface area contributed by atoms with Crippen LogP contribution in [0.5, 0.6) is 17.2 Å². The van der Waals surface area contributed by atoms with Crippen LogP contribution in [0.2, 0.25) is 0 Å². The fourth-order valence-electron chi connectivity index (χ4n) is 10.8. The fraction of sp³-hybridized carbons (Fsp3) is 0.370. The normalized spacial score (nSPS) is 19.4.